The Kier molecular flexibility index (Phi) is 138. The van der Waals surface area contributed by atoms with Gasteiger partial charge in [-0.1, -0.05) is 6.07 Å². The van der Waals surface area contributed by atoms with E-state index < -0.39 is 174 Å². The van der Waals surface area contributed by atoms with Crippen molar-refractivity contribution in [2.24, 2.45) is 0 Å². The van der Waals surface area contributed by atoms with Crippen LogP contribution in [0, 0.1) is 6.92 Å². The Morgan fingerprint density at radius 2 is 0.411 bits per heavy atom. The van der Waals surface area contributed by atoms with Crippen LogP contribution in [0.25, 0.3) is 0 Å². The Labute approximate surface area is 445 Å². The Bertz CT molecular complexity index is 1490. The maximum atomic E-state index is 10.4. The molecule has 38 nitrogen and oxygen atoms in total. The molecule has 73 heavy (non-hydrogen) atoms. The first-order valence-electron chi connectivity index (χ1n) is 12.1. The van der Waals surface area contributed by atoms with E-state index in [9.17, 15) is 25.2 Å². The maximum Gasteiger partial charge on any atom is 0.0267 e. The summed E-state index contributed by atoms with van der Waals surface area (Å²) in [7, 11) is -30.8. The first-order chi connectivity index (χ1) is 28.8. The molecule has 2 aromatic rings. The molecule has 0 saturated heterocycles. The summed E-state index contributed by atoms with van der Waals surface area (Å²) in [6.07, 6.45) is 7.07. The van der Waals surface area contributed by atoms with Crippen LogP contribution >= 0.6 is 47.4 Å². The molecule has 0 fully saturated rings. The van der Waals surface area contributed by atoms with Crippen molar-refractivity contribution in [2.45, 2.75) is 6.92 Å². The third-order valence-corrected chi connectivity index (χ3v) is 1.41. The van der Waals surface area contributed by atoms with Crippen LogP contribution in [0.5, 0.6) is 0 Å². The molecule has 0 bridgehead atoms. The summed E-state index contributed by atoms with van der Waals surface area (Å²) in [5.41, 5.74) is 1.26. The summed E-state index contributed by atoms with van der Waals surface area (Å²) in [6.45, 7) is 2.04. The minimum atomic E-state index is -5.14. The standard InChI is InChI=1S/C6H7N.C5H5N.6FH2O3P.6FH.12H2O.6O.6Sb/c1-6-2-4-7-5-3-6;1-2-4-6-5-3-1;6*1-5(2,3)4;;;;;;;;;;;;;;;;;;;;;;;;;;;;;;/h2-5H,1H3;1-5H;6*(H2,2,3,4);6*1H;12*1H2;;;;;;;;;;;;/q;;;;;;;;;;;;;;;;;;;;;;;;;;;;;;;;6*+2/p-12. The van der Waals surface area contributed by atoms with Crippen molar-refractivity contribution in [1.29, 1.82) is 0 Å². The van der Waals surface area contributed by atoms with Gasteiger partial charge in [0.2, 0.25) is 0 Å². The summed E-state index contributed by atoms with van der Waals surface area (Å²) in [4.78, 5) is 91.2. The molecule has 0 aliphatic carbocycles. The molecule has 0 unspecified atom stereocenters. The maximum absolute atomic E-state index is 10.4. The molecule has 24 N–H and O–H groups in total. The number of pyridine rings is 2. The predicted octanol–water partition coefficient (Wildman–Crippen LogP) is -6.00. The molecule has 2 aromatic heterocycles. The Morgan fingerprint density at radius 1 is 0.315 bits per heavy atom. The van der Waals surface area contributed by atoms with Gasteiger partial charge in [0.1, 0.15) is 0 Å². The van der Waals surface area contributed by atoms with Gasteiger partial charge in [-0.2, -0.15) is 0 Å². The predicted molar refractivity (Wildman–Crippen MR) is 212 cm³/mol. The monoisotopic (exact) mass is 1920 g/mol. The van der Waals surface area contributed by atoms with Gasteiger partial charge >= 0.3 is 232 Å². The molecule has 62 heteroatoms. The molecule has 0 atom stereocenters. The number of aromatic nitrogens is 2. The van der Waals surface area contributed by atoms with Gasteiger partial charge in [-0.15, -0.1) is 25.2 Å². The minimum absolute atomic E-state index is 0. The Hall–Kier alpha value is 1.59. The fourth-order valence-electron chi connectivity index (χ4n) is 0.739. The number of hydrogen-bond donors (Lipinski definition) is 24. The second-order valence-electron chi connectivity index (χ2n) is 6.90. The Morgan fingerprint density at radius 3 is 0.452 bits per heavy atom. The third kappa shape index (κ3) is 1550. The molecule has 0 aliphatic rings. The number of halogens is 12. The van der Waals surface area contributed by atoms with Gasteiger partial charge < -0.3 is 0 Å². The Balaban J connectivity index is -0.0000000278. The minimum Gasteiger partial charge on any atom is -0.265 e. The van der Waals surface area contributed by atoms with Crippen LogP contribution in [0.15, 0.2) is 55.1 Å². The summed E-state index contributed by atoms with van der Waals surface area (Å²) < 4.78 is 254. The van der Waals surface area contributed by atoms with E-state index in [1.54, 1.807) is 24.8 Å². The molecular formula is C11H42F12N2O36P6Sb6. The van der Waals surface area contributed by atoms with Crippen LogP contribution in [0.3, 0.4) is 0 Å². The zero-order chi connectivity index (χ0) is 57.8. The molecule has 0 aromatic carbocycles. The van der Waals surface area contributed by atoms with E-state index in [1.807, 2.05) is 37.3 Å². The van der Waals surface area contributed by atoms with Gasteiger partial charge in [0.05, 0.1) is 0 Å². The zero-order valence-corrected chi connectivity index (χ0v) is 54.0. The number of nitrogens with zero attached hydrogens (tertiary/aromatic N) is 2. The SMILES string of the molecule is Cc1ccncc1.F.F.F.F.F.F.O=P(O)(O)F.O=P(O)(O)F.O=P(O)(O)F.O=P(O)(O)F.O=P(O)(O)F.O=P(O)(O)F.[O]=[Sb]([OH])[OH].[O]=[Sb]([OH])[OH].[O]=[Sb]([OH])[OH].[O]=[Sb]([OH])[OH].[O]=[Sb]([OH])[OH].[O]=[Sb]([OH])[OH].c1ccncc1. The average molecular weight is 1920 g/mol. The molecule has 2 rings (SSSR count). The van der Waals surface area contributed by atoms with E-state index >= 15 is 0 Å². The van der Waals surface area contributed by atoms with Gasteiger partial charge in [-0.25, -0.2) is 27.4 Å². The van der Waals surface area contributed by atoms with Crippen LogP contribution in [-0.4, -0.2) is 236 Å². The van der Waals surface area contributed by atoms with Gasteiger partial charge in [0.15, 0.2) is 0 Å². The topological polar surface area (TPSA) is 716 Å². The van der Waals surface area contributed by atoms with Crippen LogP contribution < -0.4 is 0 Å². The van der Waals surface area contributed by atoms with Crippen molar-refractivity contribution in [1.82, 2.24) is 9.97 Å². The van der Waals surface area contributed by atoms with E-state index in [0.717, 1.165) is 0 Å². The van der Waals surface area contributed by atoms with Gasteiger partial charge in [-0.05, 0) is 36.8 Å². The van der Waals surface area contributed by atoms with Gasteiger partial charge in [0.25, 0.3) is 0 Å². The first-order valence-corrected chi connectivity index (χ1v) is 41.1. The molecule has 2 heterocycles. The summed E-state index contributed by atoms with van der Waals surface area (Å²) in [6, 6.07) is 9.66. The molecule has 6 radical (unpaired) electrons. The van der Waals surface area contributed by atoms with Crippen LogP contribution in [0.4, 0.5) is 53.4 Å². The van der Waals surface area contributed by atoms with Crippen molar-refractivity contribution in [2.75, 3.05) is 0 Å². The van der Waals surface area contributed by atoms with Crippen molar-refractivity contribution < 1.29 is 198 Å². The van der Waals surface area contributed by atoms with E-state index in [1.165, 1.54) is 5.56 Å². The van der Waals surface area contributed by atoms with Crippen molar-refractivity contribution >= 4 is 174 Å². The second-order valence-corrected chi connectivity index (χ2v) is 21.2. The second kappa shape index (κ2) is 80.1. The van der Waals surface area contributed by atoms with Crippen molar-refractivity contribution in [3.05, 3.63) is 60.7 Å². The largest absolute Gasteiger partial charge is 0.265 e. The van der Waals surface area contributed by atoms with E-state index in [4.69, 9.17) is 145 Å². The fourth-order valence-corrected chi connectivity index (χ4v) is 0.739. The smallest absolute Gasteiger partial charge is 0.0267 e. The zero-order valence-electron chi connectivity index (χ0n) is 33.3. The van der Waals surface area contributed by atoms with Crippen LogP contribution in [0.2, 0.25) is 0 Å². The summed E-state index contributed by atoms with van der Waals surface area (Å²) in [5, 5.41) is 0. The van der Waals surface area contributed by atoms with Gasteiger partial charge in [0, 0.05) is 24.8 Å². The number of aryl methyl sites for hydroxylation is 1. The first kappa shape index (κ1) is 126. The van der Waals surface area contributed by atoms with Gasteiger partial charge in [-0.3, -0.25) is 96.9 Å². The van der Waals surface area contributed by atoms with Crippen LogP contribution in [0.1, 0.15) is 5.56 Å². The van der Waals surface area contributed by atoms with E-state index in [0.29, 0.717) is 0 Å². The van der Waals surface area contributed by atoms with Crippen LogP contribution in [-0.2, 0) is 45.5 Å². The molecule has 0 saturated carbocycles. The number of hydrogen-bond acceptors (Lipinski definition) is 14. The fraction of sp³-hybridized carbons (Fsp3) is 0.0909. The third-order valence-electron chi connectivity index (χ3n) is 1.41. The van der Waals surface area contributed by atoms with Crippen molar-refractivity contribution in [3.8, 4) is 0 Å². The number of rotatable bonds is 0. The molecule has 456 valence electrons. The summed E-state index contributed by atoms with van der Waals surface area (Å²) >= 11 is -22.2. The van der Waals surface area contributed by atoms with E-state index in [2.05, 4.69) is 9.97 Å². The normalized spacial score (nSPS) is 8.48. The van der Waals surface area contributed by atoms with Crippen molar-refractivity contribution in [3.63, 3.8) is 0 Å². The average Bonchev–Trinajstić information content (AvgIpc) is 2.92. The molecule has 0 amide bonds. The van der Waals surface area contributed by atoms with E-state index in [-0.39, 0.29) is 28.2 Å². The summed E-state index contributed by atoms with van der Waals surface area (Å²) in [5.74, 6) is 0. The molecule has 0 spiro atoms. The quantitative estimate of drug-likeness (QED) is 0.0663. The molecule has 0 aliphatic heterocycles. The molecular weight excluding hydrogens is 1880 g/mol.